The Kier molecular flexibility index (Phi) is 7.51. The summed E-state index contributed by atoms with van der Waals surface area (Å²) in [6.07, 6.45) is 0.982. The third kappa shape index (κ3) is 6.21. The molecule has 1 N–H and O–H groups in total. The van der Waals surface area contributed by atoms with Gasteiger partial charge in [-0.25, -0.2) is 0 Å². The largest absolute Gasteiger partial charge is 0.453 e. The van der Waals surface area contributed by atoms with Crippen LogP contribution in [-0.4, -0.2) is 33.5 Å². The normalized spacial score (nSPS) is 12.9. The third-order valence-electron chi connectivity index (χ3n) is 2.37. The maximum atomic E-state index is 5.46. The van der Waals surface area contributed by atoms with Gasteiger partial charge < -0.3 is 19.2 Å². The molecule has 0 spiro atoms. The zero-order chi connectivity index (χ0) is 12.5. The predicted molar refractivity (Wildman–Crippen MR) is 70.1 cm³/mol. The van der Waals surface area contributed by atoms with Crippen molar-refractivity contribution >= 4 is 15.9 Å². The van der Waals surface area contributed by atoms with E-state index < -0.39 is 0 Å². The fourth-order valence-electron chi connectivity index (χ4n) is 1.40. The molecular weight excluding hydrogens is 286 g/mol. The third-order valence-corrected chi connectivity index (χ3v) is 2.79. The molecule has 1 aromatic heterocycles. The molecule has 0 bridgehead atoms. The molecule has 0 radical (unpaired) electrons. The first-order valence-electron chi connectivity index (χ1n) is 5.79. The van der Waals surface area contributed by atoms with Crippen LogP contribution in [0, 0.1) is 0 Å². The molecule has 0 aromatic carbocycles. The first kappa shape index (κ1) is 14.7. The Morgan fingerprint density at radius 1 is 1.35 bits per heavy atom. The van der Waals surface area contributed by atoms with Gasteiger partial charge in [0.05, 0.1) is 19.3 Å². The lowest BCUT2D eigenvalue weighted by Crippen LogP contribution is -2.20. The molecule has 0 saturated heterocycles. The van der Waals surface area contributed by atoms with Crippen molar-refractivity contribution in [3.8, 4) is 0 Å². The van der Waals surface area contributed by atoms with Gasteiger partial charge in [-0.15, -0.1) is 0 Å². The molecule has 1 atom stereocenters. The molecule has 1 rings (SSSR count). The highest BCUT2D eigenvalue weighted by Crippen LogP contribution is 2.19. The Balaban J connectivity index is 2.03. The number of ether oxygens (including phenoxy) is 2. The lowest BCUT2D eigenvalue weighted by Gasteiger charge is -2.11. The van der Waals surface area contributed by atoms with Gasteiger partial charge in [-0.2, -0.15) is 0 Å². The Labute approximate surface area is 111 Å². The quantitative estimate of drug-likeness (QED) is 0.713. The Hall–Kier alpha value is -0.360. The average Bonchev–Trinajstić information content (AvgIpc) is 2.74. The Bertz CT molecular complexity index is 304. The predicted octanol–water partition coefficient (Wildman–Crippen LogP) is 2.75. The van der Waals surface area contributed by atoms with Crippen LogP contribution in [0.25, 0.3) is 0 Å². The molecule has 0 aliphatic heterocycles. The number of hydrogen-bond donors (Lipinski definition) is 1. The molecule has 0 amide bonds. The molecule has 0 aliphatic carbocycles. The Morgan fingerprint density at radius 2 is 2.18 bits per heavy atom. The molecule has 17 heavy (non-hydrogen) atoms. The highest BCUT2D eigenvalue weighted by molar-refractivity contribution is 9.10. The smallest absolute Gasteiger partial charge is 0.169 e. The zero-order valence-electron chi connectivity index (χ0n) is 10.4. The minimum atomic E-state index is 0.222. The van der Waals surface area contributed by atoms with Crippen LogP contribution in [0.1, 0.15) is 25.1 Å². The monoisotopic (exact) mass is 305 g/mol. The van der Waals surface area contributed by atoms with E-state index in [1.165, 1.54) is 0 Å². The van der Waals surface area contributed by atoms with E-state index in [1.54, 1.807) is 7.11 Å². The summed E-state index contributed by atoms with van der Waals surface area (Å²) in [6, 6.07) is 4.10. The van der Waals surface area contributed by atoms with E-state index in [9.17, 15) is 0 Å². The number of nitrogens with one attached hydrogen (secondary N) is 1. The van der Waals surface area contributed by atoms with Crippen LogP contribution in [0.4, 0.5) is 0 Å². The van der Waals surface area contributed by atoms with Crippen molar-refractivity contribution in [2.24, 2.45) is 0 Å². The fourth-order valence-corrected chi connectivity index (χ4v) is 1.72. The SMILES string of the molecule is COCCOCCCNC(C)c1ccc(Br)o1. The minimum absolute atomic E-state index is 0.222. The maximum Gasteiger partial charge on any atom is 0.169 e. The number of rotatable bonds is 9. The second-order valence-electron chi connectivity index (χ2n) is 3.78. The summed E-state index contributed by atoms with van der Waals surface area (Å²) in [5, 5.41) is 3.38. The van der Waals surface area contributed by atoms with E-state index in [4.69, 9.17) is 13.9 Å². The summed E-state index contributed by atoms with van der Waals surface area (Å²) >= 11 is 3.29. The lowest BCUT2D eigenvalue weighted by molar-refractivity contribution is 0.0692. The maximum absolute atomic E-state index is 5.46. The zero-order valence-corrected chi connectivity index (χ0v) is 12.0. The fraction of sp³-hybridized carbons (Fsp3) is 0.667. The molecule has 0 aliphatic rings. The Morgan fingerprint density at radius 3 is 2.82 bits per heavy atom. The van der Waals surface area contributed by atoms with Gasteiger partial charge in [-0.3, -0.25) is 0 Å². The molecule has 1 unspecified atom stereocenters. The van der Waals surface area contributed by atoms with E-state index in [2.05, 4.69) is 28.2 Å². The summed E-state index contributed by atoms with van der Waals surface area (Å²) < 4.78 is 16.5. The molecule has 4 nitrogen and oxygen atoms in total. The van der Waals surface area contributed by atoms with Gasteiger partial charge in [0.15, 0.2) is 4.67 Å². The minimum Gasteiger partial charge on any atom is -0.453 e. The van der Waals surface area contributed by atoms with Crippen molar-refractivity contribution in [2.75, 3.05) is 33.5 Å². The summed E-state index contributed by atoms with van der Waals surface area (Å²) in [4.78, 5) is 0. The van der Waals surface area contributed by atoms with E-state index in [0.29, 0.717) is 13.2 Å². The number of halogens is 1. The van der Waals surface area contributed by atoms with Crippen LogP contribution in [-0.2, 0) is 9.47 Å². The molecule has 5 heteroatoms. The van der Waals surface area contributed by atoms with E-state index in [-0.39, 0.29) is 6.04 Å². The van der Waals surface area contributed by atoms with Gasteiger partial charge in [-0.1, -0.05) is 0 Å². The van der Waals surface area contributed by atoms with Crippen LogP contribution >= 0.6 is 15.9 Å². The van der Waals surface area contributed by atoms with Gasteiger partial charge in [0.2, 0.25) is 0 Å². The van der Waals surface area contributed by atoms with Crippen LogP contribution in [0.2, 0.25) is 0 Å². The van der Waals surface area contributed by atoms with Crippen LogP contribution in [0.5, 0.6) is 0 Å². The standard InChI is InChI=1S/C12H20BrNO3/c1-10(11-4-5-12(13)17-11)14-6-3-7-16-9-8-15-2/h4-5,10,14H,3,6-9H2,1-2H3. The molecule has 0 saturated carbocycles. The van der Waals surface area contributed by atoms with Crippen molar-refractivity contribution in [3.63, 3.8) is 0 Å². The highest BCUT2D eigenvalue weighted by atomic mass is 79.9. The average molecular weight is 306 g/mol. The van der Waals surface area contributed by atoms with Crippen molar-refractivity contribution < 1.29 is 13.9 Å². The van der Waals surface area contributed by atoms with Gasteiger partial charge in [0, 0.05) is 13.7 Å². The van der Waals surface area contributed by atoms with E-state index >= 15 is 0 Å². The van der Waals surface area contributed by atoms with Gasteiger partial charge in [0.25, 0.3) is 0 Å². The molecular formula is C12H20BrNO3. The highest BCUT2D eigenvalue weighted by Gasteiger charge is 2.08. The molecule has 0 fully saturated rings. The number of hydrogen-bond acceptors (Lipinski definition) is 4. The number of furan rings is 1. The second kappa shape index (κ2) is 8.69. The summed E-state index contributed by atoms with van der Waals surface area (Å²) in [5.41, 5.74) is 0. The summed E-state index contributed by atoms with van der Waals surface area (Å²) in [5.74, 6) is 0.942. The van der Waals surface area contributed by atoms with Crippen LogP contribution in [0.3, 0.4) is 0 Å². The van der Waals surface area contributed by atoms with Crippen molar-refractivity contribution in [2.45, 2.75) is 19.4 Å². The van der Waals surface area contributed by atoms with Crippen molar-refractivity contribution in [3.05, 3.63) is 22.6 Å². The number of methoxy groups -OCH3 is 1. The first-order valence-corrected chi connectivity index (χ1v) is 6.58. The van der Waals surface area contributed by atoms with Crippen LogP contribution in [0.15, 0.2) is 21.2 Å². The first-order chi connectivity index (χ1) is 8.24. The van der Waals surface area contributed by atoms with Gasteiger partial charge in [-0.05, 0) is 48.0 Å². The van der Waals surface area contributed by atoms with E-state index in [0.717, 1.165) is 30.0 Å². The topological polar surface area (TPSA) is 43.6 Å². The second-order valence-corrected chi connectivity index (χ2v) is 4.56. The molecule has 98 valence electrons. The summed E-state index contributed by atoms with van der Waals surface area (Å²) in [7, 11) is 1.67. The van der Waals surface area contributed by atoms with Gasteiger partial charge in [0.1, 0.15) is 5.76 Å². The van der Waals surface area contributed by atoms with E-state index in [1.807, 2.05) is 12.1 Å². The van der Waals surface area contributed by atoms with Gasteiger partial charge >= 0.3 is 0 Å². The molecule has 1 heterocycles. The lowest BCUT2D eigenvalue weighted by atomic mass is 10.2. The van der Waals surface area contributed by atoms with Crippen molar-refractivity contribution in [1.29, 1.82) is 0 Å². The van der Waals surface area contributed by atoms with Crippen molar-refractivity contribution in [1.82, 2.24) is 5.32 Å². The van der Waals surface area contributed by atoms with Crippen LogP contribution < -0.4 is 5.32 Å². The summed E-state index contributed by atoms with van der Waals surface area (Å²) in [6.45, 7) is 5.07. The molecule has 1 aromatic rings.